The Morgan fingerprint density at radius 3 is 2.93 bits per heavy atom. The van der Waals surface area contributed by atoms with Gasteiger partial charge in [-0.2, -0.15) is 5.10 Å². The number of aryl methyl sites for hydroxylation is 1. The fourth-order valence-corrected chi connectivity index (χ4v) is 1.48. The van der Waals surface area contributed by atoms with Crippen LogP contribution in [0.25, 0.3) is 0 Å². The SMILES string of the molecule is Cn1ccc(Nc2ncnc(Cl)c2Br)n1. The Bertz CT molecular complexity index is 484. The van der Waals surface area contributed by atoms with E-state index in [2.05, 4.69) is 36.3 Å². The van der Waals surface area contributed by atoms with Gasteiger partial charge in [-0.15, -0.1) is 0 Å². The second-order valence-electron chi connectivity index (χ2n) is 2.83. The van der Waals surface area contributed by atoms with Crippen LogP contribution in [-0.4, -0.2) is 19.7 Å². The lowest BCUT2D eigenvalue weighted by molar-refractivity contribution is 0.771. The van der Waals surface area contributed by atoms with Crippen molar-refractivity contribution >= 4 is 39.2 Å². The van der Waals surface area contributed by atoms with Crippen molar-refractivity contribution in [2.75, 3.05) is 5.32 Å². The molecule has 0 atom stereocenters. The fourth-order valence-electron chi connectivity index (χ4n) is 1.04. The molecule has 0 aromatic carbocycles. The number of nitrogens with one attached hydrogen (secondary N) is 1. The molecule has 0 aliphatic rings. The van der Waals surface area contributed by atoms with E-state index in [4.69, 9.17) is 11.6 Å². The maximum atomic E-state index is 5.82. The summed E-state index contributed by atoms with van der Waals surface area (Å²) in [5.74, 6) is 1.29. The van der Waals surface area contributed by atoms with E-state index in [-0.39, 0.29) is 0 Å². The Kier molecular flexibility index (Phi) is 2.88. The summed E-state index contributed by atoms with van der Waals surface area (Å²) in [5, 5.41) is 7.54. The van der Waals surface area contributed by atoms with Crippen LogP contribution in [0.5, 0.6) is 0 Å². The molecule has 1 N–H and O–H groups in total. The summed E-state index contributed by atoms with van der Waals surface area (Å²) in [4.78, 5) is 7.87. The molecular formula is C8H7BrClN5. The summed E-state index contributed by atoms with van der Waals surface area (Å²) in [7, 11) is 1.84. The molecule has 5 nitrogen and oxygen atoms in total. The van der Waals surface area contributed by atoms with Gasteiger partial charge in [0.25, 0.3) is 0 Å². The monoisotopic (exact) mass is 287 g/mol. The van der Waals surface area contributed by atoms with Gasteiger partial charge in [-0.1, -0.05) is 11.6 Å². The minimum atomic E-state index is 0.364. The first-order valence-electron chi connectivity index (χ1n) is 4.09. The van der Waals surface area contributed by atoms with Crippen LogP contribution in [0.15, 0.2) is 23.1 Å². The molecule has 0 saturated heterocycles. The van der Waals surface area contributed by atoms with Crippen molar-refractivity contribution in [3.05, 3.63) is 28.2 Å². The van der Waals surface area contributed by atoms with E-state index in [1.165, 1.54) is 6.33 Å². The summed E-state index contributed by atoms with van der Waals surface area (Å²) in [6.45, 7) is 0. The number of rotatable bonds is 2. The number of aromatic nitrogens is 4. The fraction of sp³-hybridized carbons (Fsp3) is 0.125. The van der Waals surface area contributed by atoms with Crippen molar-refractivity contribution in [3.8, 4) is 0 Å². The average molecular weight is 289 g/mol. The highest BCUT2D eigenvalue weighted by Crippen LogP contribution is 2.27. The standard InChI is InChI=1S/C8H7BrClN5/c1-15-3-2-5(14-15)13-8-6(9)7(10)11-4-12-8/h2-4H,1H3,(H,11,12,13,14). The number of anilines is 2. The molecule has 0 amide bonds. The lowest BCUT2D eigenvalue weighted by Gasteiger charge is -2.04. The average Bonchev–Trinajstić information content (AvgIpc) is 2.59. The van der Waals surface area contributed by atoms with Gasteiger partial charge in [-0.25, -0.2) is 9.97 Å². The van der Waals surface area contributed by atoms with Crippen LogP contribution >= 0.6 is 27.5 Å². The second-order valence-corrected chi connectivity index (χ2v) is 3.98. The van der Waals surface area contributed by atoms with Crippen molar-refractivity contribution in [2.24, 2.45) is 7.05 Å². The first-order chi connectivity index (χ1) is 7.16. The Morgan fingerprint density at radius 1 is 1.47 bits per heavy atom. The van der Waals surface area contributed by atoms with Gasteiger partial charge in [0.2, 0.25) is 0 Å². The van der Waals surface area contributed by atoms with Gasteiger partial charge in [-0.3, -0.25) is 4.68 Å². The van der Waals surface area contributed by atoms with Gasteiger partial charge in [-0.05, 0) is 15.9 Å². The van der Waals surface area contributed by atoms with Crippen molar-refractivity contribution < 1.29 is 0 Å². The van der Waals surface area contributed by atoms with E-state index < -0.39 is 0 Å². The summed E-state index contributed by atoms with van der Waals surface area (Å²) < 4.78 is 2.32. The van der Waals surface area contributed by atoms with Crippen molar-refractivity contribution in [1.29, 1.82) is 0 Å². The highest BCUT2D eigenvalue weighted by molar-refractivity contribution is 9.10. The first-order valence-corrected chi connectivity index (χ1v) is 5.26. The summed E-state index contributed by atoms with van der Waals surface area (Å²) in [6.07, 6.45) is 3.22. The number of hydrogen-bond acceptors (Lipinski definition) is 4. The molecule has 78 valence electrons. The topological polar surface area (TPSA) is 55.6 Å². The molecule has 0 spiro atoms. The van der Waals surface area contributed by atoms with Crippen LogP contribution in [0, 0.1) is 0 Å². The lowest BCUT2D eigenvalue weighted by atomic mass is 10.5. The number of hydrogen-bond donors (Lipinski definition) is 1. The van der Waals surface area contributed by atoms with E-state index in [9.17, 15) is 0 Å². The molecule has 0 unspecified atom stereocenters. The molecule has 7 heteroatoms. The van der Waals surface area contributed by atoms with Gasteiger partial charge < -0.3 is 5.32 Å². The predicted octanol–water partition coefficient (Wildman–Crippen LogP) is 2.37. The van der Waals surface area contributed by atoms with Crippen LogP contribution in [0.2, 0.25) is 5.15 Å². The zero-order valence-electron chi connectivity index (χ0n) is 7.78. The van der Waals surface area contributed by atoms with E-state index in [1.54, 1.807) is 4.68 Å². The van der Waals surface area contributed by atoms with Gasteiger partial charge in [0.05, 0.1) is 4.47 Å². The first kappa shape index (κ1) is 10.4. The van der Waals surface area contributed by atoms with Crippen molar-refractivity contribution in [3.63, 3.8) is 0 Å². The minimum absolute atomic E-state index is 0.364. The third-order valence-corrected chi connectivity index (χ3v) is 2.97. The molecule has 0 radical (unpaired) electrons. The van der Waals surface area contributed by atoms with Gasteiger partial charge in [0.1, 0.15) is 11.5 Å². The lowest BCUT2D eigenvalue weighted by Crippen LogP contribution is -1.97. The van der Waals surface area contributed by atoms with Crippen molar-refractivity contribution in [2.45, 2.75) is 0 Å². The van der Waals surface area contributed by atoms with Gasteiger partial charge >= 0.3 is 0 Å². The zero-order valence-corrected chi connectivity index (χ0v) is 10.1. The molecule has 2 aromatic rings. The molecule has 0 saturated carbocycles. The number of nitrogens with zero attached hydrogens (tertiary/aromatic N) is 4. The minimum Gasteiger partial charge on any atom is -0.322 e. The van der Waals surface area contributed by atoms with E-state index >= 15 is 0 Å². The number of halogens is 2. The summed E-state index contributed by atoms with van der Waals surface area (Å²) in [6, 6.07) is 1.84. The predicted molar refractivity (Wildman–Crippen MR) is 61.2 cm³/mol. The third kappa shape index (κ3) is 2.27. The normalized spacial score (nSPS) is 10.3. The highest BCUT2D eigenvalue weighted by Gasteiger charge is 2.07. The van der Waals surface area contributed by atoms with E-state index in [0.29, 0.717) is 21.3 Å². The zero-order chi connectivity index (χ0) is 10.8. The molecule has 2 rings (SSSR count). The van der Waals surface area contributed by atoms with Crippen LogP contribution in [0.4, 0.5) is 11.6 Å². The van der Waals surface area contributed by atoms with Crippen molar-refractivity contribution in [1.82, 2.24) is 19.7 Å². The smallest absolute Gasteiger partial charge is 0.153 e. The van der Waals surface area contributed by atoms with Crippen LogP contribution in [0.3, 0.4) is 0 Å². The Labute approximate surface area is 99.6 Å². The molecule has 15 heavy (non-hydrogen) atoms. The molecular weight excluding hydrogens is 281 g/mol. The molecule has 2 heterocycles. The van der Waals surface area contributed by atoms with Gasteiger partial charge in [0, 0.05) is 19.3 Å². The second kappa shape index (κ2) is 4.16. The summed E-state index contributed by atoms with van der Waals surface area (Å²) >= 11 is 9.11. The largest absolute Gasteiger partial charge is 0.322 e. The van der Waals surface area contributed by atoms with E-state index in [0.717, 1.165) is 0 Å². The Morgan fingerprint density at radius 2 is 2.27 bits per heavy atom. The molecule has 0 fully saturated rings. The quantitative estimate of drug-likeness (QED) is 0.862. The third-order valence-electron chi connectivity index (χ3n) is 1.71. The molecule has 0 aliphatic carbocycles. The molecule has 2 aromatic heterocycles. The highest BCUT2D eigenvalue weighted by atomic mass is 79.9. The molecule has 0 bridgehead atoms. The van der Waals surface area contributed by atoms with Crippen LogP contribution < -0.4 is 5.32 Å². The maximum Gasteiger partial charge on any atom is 0.153 e. The molecule has 0 aliphatic heterocycles. The van der Waals surface area contributed by atoms with Crippen LogP contribution in [0.1, 0.15) is 0 Å². The van der Waals surface area contributed by atoms with E-state index in [1.807, 2.05) is 19.3 Å². The Hall–Kier alpha value is -1.14. The summed E-state index contributed by atoms with van der Waals surface area (Å²) in [5.41, 5.74) is 0. The van der Waals surface area contributed by atoms with Gasteiger partial charge in [0.15, 0.2) is 11.6 Å². The maximum absolute atomic E-state index is 5.82. The van der Waals surface area contributed by atoms with Crippen LogP contribution in [-0.2, 0) is 7.05 Å². The Balaban J connectivity index is 2.28.